The Balaban J connectivity index is 1.42. The molecule has 1 aromatic carbocycles. The molecule has 0 saturated carbocycles. The first kappa shape index (κ1) is 18.6. The van der Waals surface area contributed by atoms with Crippen LogP contribution in [0.2, 0.25) is 5.02 Å². The van der Waals surface area contributed by atoms with E-state index in [0.717, 1.165) is 36.5 Å². The minimum Gasteiger partial charge on any atom is -0.337 e. The van der Waals surface area contributed by atoms with Crippen molar-refractivity contribution >= 4 is 17.5 Å². The summed E-state index contributed by atoms with van der Waals surface area (Å²) in [6.07, 6.45) is 6.48. The SMILES string of the molecule is O=C(c1ccccn1)N1CCCC(c2ccc(Cc3ccc(Cl)cc3)cn2)C1. The first-order valence-corrected chi connectivity index (χ1v) is 9.96. The monoisotopic (exact) mass is 391 g/mol. The summed E-state index contributed by atoms with van der Waals surface area (Å²) in [5.41, 5.74) is 3.94. The Labute approximate surface area is 170 Å². The number of rotatable bonds is 4. The molecule has 1 aliphatic rings. The largest absolute Gasteiger partial charge is 0.337 e. The van der Waals surface area contributed by atoms with Crippen molar-refractivity contribution in [3.8, 4) is 0 Å². The van der Waals surface area contributed by atoms with Crippen LogP contribution in [0, 0.1) is 0 Å². The van der Waals surface area contributed by atoms with Crippen LogP contribution in [0.1, 0.15) is 46.1 Å². The van der Waals surface area contributed by atoms with Crippen LogP contribution in [0.3, 0.4) is 0 Å². The number of hydrogen-bond acceptors (Lipinski definition) is 3. The van der Waals surface area contributed by atoms with Crippen molar-refractivity contribution in [2.75, 3.05) is 13.1 Å². The van der Waals surface area contributed by atoms with Crippen LogP contribution in [-0.4, -0.2) is 33.9 Å². The molecule has 28 heavy (non-hydrogen) atoms. The van der Waals surface area contributed by atoms with Gasteiger partial charge in [-0.05, 0) is 60.7 Å². The molecular weight excluding hydrogens is 370 g/mol. The number of hydrogen-bond donors (Lipinski definition) is 0. The molecule has 0 aliphatic carbocycles. The maximum absolute atomic E-state index is 12.7. The van der Waals surface area contributed by atoms with Gasteiger partial charge in [-0.2, -0.15) is 0 Å². The Morgan fingerprint density at radius 1 is 1.04 bits per heavy atom. The molecule has 0 N–H and O–H groups in total. The lowest BCUT2D eigenvalue weighted by Crippen LogP contribution is -2.39. The molecule has 142 valence electrons. The lowest BCUT2D eigenvalue weighted by Gasteiger charge is -2.32. The van der Waals surface area contributed by atoms with Gasteiger partial charge in [0.2, 0.25) is 0 Å². The molecule has 1 atom stereocenters. The molecule has 1 unspecified atom stereocenters. The molecular formula is C23H22ClN3O. The van der Waals surface area contributed by atoms with Crippen LogP contribution in [0.25, 0.3) is 0 Å². The number of piperidine rings is 1. The van der Waals surface area contributed by atoms with E-state index in [9.17, 15) is 4.79 Å². The Hall–Kier alpha value is -2.72. The van der Waals surface area contributed by atoms with E-state index in [1.54, 1.807) is 12.3 Å². The Morgan fingerprint density at radius 2 is 1.86 bits per heavy atom. The van der Waals surface area contributed by atoms with Crippen LogP contribution < -0.4 is 0 Å². The number of carbonyl (C=O) groups excluding carboxylic acids is 1. The van der Waals surface area contributed by atoms with Crippen LogP contribution in [0.5, 0.6) is 0 Å². The average molecular weight is 392 g/mol. The van der Waals surface area contributed by atoms with Crippen LogP contribution in [0.15, 0.2) is 67.0 Å². The number of aromatic nitrogens is 2. The molecule has 4 rings (SSSR count). The fourth-order valence-electron chi connectivity index (χ4n) is 3.67. The second kappa shape index (κ2) is 8.53. The van der Waals surface area contributed by atoms with E-state index in [0.29, 0.717) is 12.2 Å². The number of likely N-dealkylation sites (tertiary alicyclic amines) is 1. The molecule has 1 aliphatic heterocycles. The quantitative estimate of drug-likeness (QED) is 0.645. The molecule has 1 amide bonds. The van der Waals surface area contributed by atoms with E-state index in [-0.39, 0.29) is 11.8 Å². The van der Waals surface area contributed by atoms with Crippen molar-refractivity contribution in [3.63, 3.8) is 0 Å². The maximum Gasteiger partial charge on any atom is 0.272 e. The highest BCUT2D eigenvalue weighted by molar-refractivity contribution is 6.30. The smallest absolute Gasteiger partial charge is 0.272 e. The van der Waals surface area contributed by atoms with Crippen molar-refractivity contribution in [1.82, 2.24) is 14.9 Å². The van der Waals surface area contributed by atoms with Gasteiger partial charge in [-0.1, -0.05) is 35.9 Å². The summed E-state index contributed by atoms with van der Waals surface area (Å²) in [5.74, 6) is 0.274. The molecule has 0 spiro atoms. The van der Waals surface area contributed by atoms with Gasteiger partial charge in [-0.25, -0.2) is 0 Å². The molecule has 0 radical (unpaired) electrons. The van der Waals surface area contributed by atoms with E-state index >= 15 is 0 Å². The van der Waals surface area contributed by atoms with Gasteiger partial charge in [0.1, 0.15) is 5.69 Å². The van der Waals surface area contributed by atoms with Gasteiger partial charge in [0.05, 0.1) is 0 Å². The third-order valence-electron chi connectivity index (χ3n) is 5.18. The van der Waals surface area contributed by atoms with E-state index in [2.05, 4.69) is 17.1 Å². The number of amides is 1. The summed E-state index contributed by atoms with van der Waals surface area (Å²) < 4.78 is 0. The fourth-order valence-corrected chi connectivity index (χ4v) is 3.80. The Kier molecular flexibility index (Phi) is 5.68. The molecule has 3 aromatic rings. The first-order valence-electron chi connectivity index (χ1n) is 9.58. The summed E-state index contributed by atoms with van der Waals surface area (Å²) in [6, 6.07) is 17.6. The van der Waals surface area contributed by atoms with Crippen LogP contribution in [-0.2, 0) is 6.42 Å². The van der Waals surface area contributed by atoms with E-state index in [4.69, 9.17) is 16.6 Å². The van der Waals surface area contributed by atoms with Gasteiger partial charge >= 0.3 is 0 Å². The lowest BCUT2D eigenvalue weighted by molar-refractivity contribution is 0.0700. The number of pyridine rings is 2. The molecule has 1 fully saturated rings. The van der Waals surface area contributed by atoms with Gasteiger partial charge in [0.25, 0.3) is 5.91 Å². The Morgan fingerprint density at radius 3 is 2.57 bits per heavy atom. The van der Waals surface area contributed by atoms with E-state index < -0.39 is 0 Å². The molecule has 2 aromatic heterocycles. The van der Waals surface area contributed by atoms with Gasteiger partial charge in [-0.3, -0.25) is 14.8 Å². The topological polar surface area (TPSA) is 46.1 Å². The molecule has 5 heteroatoms. The first-order chi connectivity index (χ1) is 13.7. The average Bonchev–Trinajstić information content (AvgIpc) is 2.76. The number of carbonyl (C=O) groups is 1. The maximum atomic E-state index is 12.7. The number of benzene rings is 1. The van der Waals surface area contributed by atoms with Crippen LogP contribution >= 0.6 is 11.6 Å². The molecule has 4 nitrogen and oxygen atoms in total. The predicted molar refractivity (Wildman–Crippen MR) is 111 cm³/mol. The third-order valence-corrected chi connectivity index (χ3v) is 5.43. The zero-order valence-electron chi connectivity index (χ0n) is 15.6. The number of halogens is 1. The molecule has 3 heterocycles. The summed E-state index contributed by atoms with van der Waals surface area (Å²) in [4.78, 5) is 23.5. The van der Waals surface area contributed by atoms with Crippen molar-refractivity contribution in [3.05, 3.63) is 94.5 Å². The highest BCUT2D eigenvalue weighted by atomic mass is 35.5. The lowest BCUT2D eigenvalue weighted by atomic mass is 9.93. The van der Waals surface area contributed by atoms with E-state index in [1.165, 1.54) is 11.1 Å². The van der Waals surface area contributed by atoms with Gasteiger partial charge < -0.3 is 4.90 Å². The Bertz CT molecular complexity index is 926. The molecule has 0 bridgehead atoms. The third kappa shape index (κ3) is 4.39. The second-order valence-electron chi connectivity index (χ2n) is 7.20. The summed E-state index contributed by atoms with van der Waals surface area (Å²) in [6.45, 7) is 1.47. The second-order valence-corrected chi connectivity index (χ2v) is 7.64. The van der Waals surface area contributed by atoms with Gasteiger partial charge in [-0.15, -0.1) is 0 Å². The van der Waals surface area contributed by atoms with Crippen molar-refractivity contribution in [1.29, 1.82) is 0 Å². The number of nitrogens with zero attached hydrogens (tertiary/aromatic N) is 3. The van der Waals surface area contributed by atoms with Crippen LogP contribution in [0.4, 0.5) is 0 Å². The standard InChI is InChI=1S/C23H22ClN3O/c24-20-9-6-17(7-10-20)14-18-8-11-21(26-15-18)19-4-3-13-27(16-19)23(28)22-5-1-2-12-25-22/h1-2,5-12,15,19H,3-4,13-14,16H2. The molecule has 1 saturated heterocycles. The van der Waals surface area contributed by atoms with Crippen molar-refractivity contribution in [2.24, 2.45) is 0 Å². The van der Waals surface area contributed by atoms with Crippen molar-refractivity contribution < 1.29 is 4.79 Å². The normalized spacial score (nSPS) is 16.8. The summed E-state index contributed by atoms with van der Waals surface area (Å²) >= 11 is 5.95. The minimum atomic E-state index is 0.00431. The zero-order valence-corrected chi connectivity index (χ0v) is 16.3. The zero-order chi connectivity index (χ0) is 19.3. The highest BCUT2D eigenvalue weighted by Crippen LogP contribution is 2.26. The fraction of sp³-hybridized carbons (Fsp3) is 0.261. The summed E-state index contributed by atoms with van der Waals surface area (Å²) in [5, 5.41) is 0.749. The van der Waals surface area contributed by atoms with Crippen molar-refractivity contribution in [2.45, 2.75) is 25.2 Å². The summed E-state index contributed by atoms with van der Waals surface area (Å²) in [7, 11) is 0. The predicted octanol–water partition coefficient (Wildman–Crippen LogP) is 4.74. The van der Waals surface area contributed by atoms with Gasteiger partial charge in [0, 0.05) is 42.1 Å². The minimum absolute atomic E-state index is 0.00431. The highest BCUT2D eigenvalue weighted by Gasteiger charge is 2.26. The van der Waals surface area contributed by atoms with E-state index in [1.807, 2.05) is 47.5 Å². The van der Waals surface area contributed by atoms with Gasteiger partial charge in [0.15, 0.2) is 0 Å².